The van der Waals surface area contributed by atoms with Gasteiger partial charge in [0.15, 0.2) is 0 Å². The zero-order chi connectivity index (χ0) is 2.99. The Morgan fingerprint density at radius 2 is 2.25 bits per heavy atom. The Bertz CT molecular complexity index is 22.5. The quantitative estimate of drug-likeness (QED) is 0.356. The van der Waals surface area contributed by atoms with E-state index in [9.17, 15) is 0 Å². The molecule has 0 aromatic heterocycles. The molecule has 0 amide bonds. The Hall–Kier alpha value is 0.0649. The minimum Gasteiger partial charge on any atom is -0.0814 e. The first-order valence-electron chi connectivity index (χ1n) is 1.89. The molecule has 0 saturated carbocycles. The van der Waals surface area contributed by atoms with E-state index in [1.807, 2.05) is 0 Å². The van der Waals surface area contributed by atoms with Crippen LogP contribution < -0.4 is 0 Å². The van der Waals surface area contributed by atoms with Gasteiger partial charge in [-0.15, -0.1) is 0 Å². The largest absolute Gasteiger partial charge is 0.122 e. The topological polar surface area (TPSA) is 0 Å². The van der Waals surface area contributed by atoms with Crippen molar-refractivity contribution < 1.29 is 0 Å². The highest BCUT2D eigenvalue weighted by Crippen LogP contribution is 2.24. The van der Waals surface area contributed by atoms with E-state index in [1.165, 1.54) is 13.6 Å². The van der Waals surface area contributed by atoms with Crippen molar-refractivity contribution in [3.05, 3.63) is 0 Å². The van der Waals surface area contributed by atoms with Crippen LogP contribution in [0, 0.1) is 0 Å². The molecule has 0 N–H and O–H groups in total. The molecule has 22 valence electrons. The van der Waals surface area contributed by atoms with Crippen molar-refractivity contribution in [2.45, 2.75) is 19.1 Å². The first kappa shape index (κ1) is 2.31. The second-order valence-corrected chi connectivity index (χ2v) is 1.68. The van der Waals surface area contributed by atoms with Crippen LogP contribution in [0.1, 0.15) is 6.92 Å². The summed E-state index contributed by atoms with van der Waals surface area (Å²) < 4.78 is 0. The Morgan fingerprint density at radius 3 is 2.25 bits per heavy atom. The average molecular weight is 53.9 g/mol. The molecule has 1 rings (SSSR count). The van der Waals surface area contributed by atoms with Gasteiger partial charge in [-0.25, -0.2) is 0 Å². The van der Waals surface area contributed by atoms with E-state index in [0.717, 1.165) is 5.82 Å². The molecule has 1 heteroatoms. The maximum absolute atomic E-state index is 2.28. The summed E-state index contributed by atoms with van der Waals surface area (Å²) in [6, 6.07) is 0. The van der Waals surface area contributed by atoms with Crippen molar-refractivity contribution in [2.24, 2.45) is 0 Å². The zero-order valence-electron chi connectivity index (χ0n) is 2.99. The fourth-order valence-electron chi connectivity index (χ4n) is 0.167. The number of hydrogen-bond donors (Lipinski definition) is 0. The predicted molar refractivity (Wildman–Crippen MR) is 21.4 cm³/mol. The Kier molecular flexibility index (Phi) is 0.294. The summed E-state index contributed by atoms with van der Waals surface area (Å²) in [7, 11) is 1.49. The van der Waals surface area contributed by atoms with Gasteiger partial charge in [0.25, 0.3) is 0 Å². The Labute approximate surface area is 27.5 Å². The van der Waals surface area contributed by atoms with E-state index in [1.54, 1.807) is 0 Å². The van der Waals surface area contributed by atoms with Crippen LogP contribution in [0.25, 0.3) is 0 Å². The van der Waals surface area contributed by atoms with E-state index in [2.05, 4.69) is 6.92 Å². The predicted octanol–water partition coefficient (Wildman–Crippen LogP) is 0.663. The van der Waals surface area contributed by atoms with Crippen molar-refractivity contribution in [3.8, 4) is 0 Å². The van der Waals surface area contributed by atoms with Gasteiger partial charge in [0.1, 0.15) is 7.28 Å². The lowest BCUT2D eigenvalue weighted by molar-refractivity contribution is 1.21. The van der Waals surface area contributed by atoms with Gasteiger partial charge >= 0.3 is 0 Å². The van der Waals surface area contributed by atoms with Crippen LogP contribution in [0.2, 0.25) is 12.1 Å². The number of hydrogen-bond acceptors (Lipinski definition) is 0. The van der Waals surface area contributed by atoms with Gasteiger partial charge in [-0.05, 0) is 0 Å². The van der Waals surface area contributed by atoms with Gasteiger partial charge in [0.05, 0.1) is 0 Å². The third kappa shape index (κ3) is 0.249. The minimum absolute atomic E-state index is 1.08. The third-order valence-corrected chi connectivity index (χ3v) is 0.866. The molecule has 1 aliphatic heterocycles. The van der Waals surface area contributed by atoms with E-state index < -0.39 is 0 Å². The minimum atomic E-state index is 1.08. The Balaban J connectivity index is 2.17. The molecule has 1 saturated heterocycles. The summed E-state index contributed by atoms with van der Waals surface area (Å²) in [5, 5.41) is 0. The standard InChI is InChI=1S/C3H7B/c1-3-2-4-3/h3-4H,2H2,1H3/t3-/m1/s1. The summed E-state index contributed by atoms with van der Waals surface area (Å²) in [6.07, 6.45) is 1.49. The molecule has 1 atom stereocenters. The maximum Gasteiger partial charge on any atom is 0.122 e. The number of rotatable bonds is 0. The second kappa shape index (κ2) is 0.509. The normalized spacial score (nSPS) is 37.8. The average Bonchev–Trinajstić information content (AvgIpc) is 1.75. The molecule has 0 bridgehead atoms. The van der Waals surface area contributed by atoms with Crippen molar-refractivity contribution in [1.29, 1.82) is 0 Å². The van der Waals surface area contributed by atoms with Crippen LogP contribution in [-0.2, 0) is 0 Å². The molecule has 0 aromatic carbocycles. The van der Waals surface area contributed by atoms with Crippen LogP contribution in [0.15, 0.2) is 0 Å². The van der Waals surface area contributed by atoms with E-state index in [-0.39, 0.29) is 0 Å². The second-order valence-electron chi connectivity index (χ2n) is 1.68. The first-order valence-corrected chi connectivity index (χ1v) is 1.89. The highest BCUT2D eigenvalue weighted by Gasteiger charge is 2.15. The van der Waals surface area contributed by atoms with Crippen molar-refractivity contribution >= 4 is 7.28 Å². The van der Waals surface area contributed by atoms with E-state index >= 15 is 0 Å². The summed E-state index contributed by atoms with van der Waals surface area (Å²) in [4.78, 5) is 0. The van der Waals surface area contributed by atoms with Crippen LogP contribution in [0.5, 0.6) is 0 Å². The maximum atomic E-state index is 2.28. The fourth-order valence-corrected chi connectivity index (χ4v) is 0.167. The SMILES string of the molecule is C[C@H]1BC1. The van der Waals surface area contributed by atoms with Gasteiger partial charge in [-0.2, -0.15) is 0 Å². The monoisotopic (exact) mass is 54.1 g/mol. The fraction of sp³-hybridized carbons (Fsp3) is 1.00. The molecule has 1 aliphatic rings. The van der Waals surface area contributed by atoms with E-state index in [4.69, 9.17) is 0 Å². The molecule has 4 heavy (non-hydrogen) atoms. The van der Waals surface area contributed by atoms with Gasteiger partial charge in [-0.1, -0.05) is 19.1 Å². The molecule has 0 unspecified atom stereocenters. The molecule has 0 radical (unpaired) electrons. The highest BCUT2D eigenvalue weighted by molar-refractivity contribution is 6.50. The summed E-state index contributed by atoms with van der Waals surface area (Å²) in [6.45, 7) is 2.28. The molecule has 0 nitrogen and oxygen atoms in total. The summed E-state index contributed by atoms with van der Waals surface area (Å²) in [5.41, 5.74) is 0. The van der Waals surface area contributed by atoms with Crippen molar-refractivity contribution in [1.82, 2.24) is 0 Å². The lowest BCUT2D eigenvalue weighted by Crippen LogP contribution is -1.41. The third-order valence-electron chi connectivity index (χ3n) is 0.866. The van der Waals surface area contributed by atoms with Crippen LogP contribution in [0.3, 0.4) is 0 Å². The molecule has 1 heterocycles. The molecular formula is C3H7B. The Morgan fingerprint density at radius 1 is 2.00 bits per heavy atom. The molecule has 1 fully saturated rings. The van der Waals surface area contributed by atoms with Crippen molar-refractivity contribution in [2.75, 3.05) is 0 Å². The van der Waals surface area contributed by atoms with Gasteiger partial charge in [0, 0.05) is 0 Å². The van der Waals surface area contributed by atoms with Crippen molar-refractivity contribution in [3.63, 3.8) is 0 Å². The molecule has 0 aromatic rings. The highest BCUT2D eigenvalue weighted by atomic mass is 13.9. The van der Waals surface area contributed by atoms with Gasteiger partial charge in [-0.3, -0.25) is 0 Å². The summed E-state index contributed by atoms with van der Waals surface area (Å²) >= 11 is 0. The van der Waals surface area contributed by atoms with Crippen LogP contribution >= 0.6 is 0 Å². The van der Waals surface area contributed by atoms with Crippen LogP contribution in [0.4, 0.5) is 0 Å². The smallest absolute Gasteiger partial charge is 0.0814 e. The van der Waals surface area contributed by atoms with Crippen LogP contribution in [-0.4, -0.2) is 7.28 Å². The lowest BCUT2D eigenvalue weighted by Gasteiger charge is -1.54. The lowest BCUT2D eigenvalue weighted by atomic mass is 10.0. The van der Waals surface area contributed by atoms with E-state index in [0.29, 0.717) is 0 Å². The summed E-state index contributed by atoms with van der Waals surface area (Å²) in [5.74, 6) is 1.08. The first-order chi connectivity index (χ1) is 1.89. The molecule has 0 aliphatic carbocycles. The zero-order valence-corrected chi connectivity index (χ0v) is 2.99. The molecule has 0 spiro atoms. The van der Waals surface area contributed by atoms with Gasteiger partial charge < -0.3 is 0 Å². The van der Waals surface area contributed by atoms with Gasteiger partial charge in [0.2, 0.25) is 0 Å². The molecular weight excluding hydrogens is 46.8 g/mol.